The van der Waals surface area contributed by atoms with E-state index < -0.39 is 5.54 Å². The van der Waals surface area contributed by atoms with Crippen molar-refractivity contribution in [1.29, 1.82) is 0 Å². The largest absolute Gasteiger partial charge is 0.394 e. The van der Waals surface area contributed by atoms with Crippen molar-refractivity contribution >= 4 is 0 Å². The predicted molar refractivity (Wildman–Crippen MR) is 111 cm³/mol. The minimum atomic E-state index is -1.02. The average molecular weight is 383 g/mol. The zero-order valence-corrected chi connectivity index (χ0v) is 17.4. The molecule has 1 aromatic heterocycles. The second-order valence-corrected chi connectivity index (χ2v) is 8.07. The predicted octanol–water partition coefficient (Wildman–Crippen LogP) is 3.59. The topological polar surface area (TPSA) is 97.2 Å². The van der Waals surface area contributed by atoms with Gasteiger partial charge in [0, 0.05) is 19.2 Å². The summed E-state index contributed by atoms with van der Waals surface area (Å²) in [6, 6.07) is 0. The first-order chi connectivity index (χ1) is 13.1. The molecule has 4 N–H and O–H groups in total. The van der Waals surface area contributed by atoms with Crippen LogP contribution in [0.15, 0.2) is 6.20 Å². The number of aliphatic hydroxyl groups excluding tert-OH is 2. The maximum Gasteiger partial charge on any atom is 0.0847 e. The minimum absolute atomic E-state index is 0.269. The molecule has 0 aromatic carbocycles. The number of nitrogens with zero attached hydrogens (tertiary/aromatic N) is 3. The Hall–Kier alpha value is -0.980. The van der Waals surface area contributed by atoms with E-state index in [1.165, 1.54) is 77.0 Å². The molecule has 0 atom stereocenters. The molecule has 0 aliphatic carbocycles. The maximum atomic E-state index is 9.25. The van der Waals surface area contributed by atoms with Gasteiger partial charge in [0.25, 0.3) is 0 Å². The van der Waals surface area contributed by atoms with Crippen molar-refractivity contribution in [2.75, 3.05) is 13.2 Å². The van der Waals surface area contributed by atoms with Crippen LogP contribution in [0.25, 0.3) is 0 Å². The van der Waals surface area contributed by atoms with E-state index in [2.05, 4.69) is 17.2 Å². The van der Waals surface area contributed by atoms with Crippen molar-refractivity contribution in [3.05, 3.63) is 11.9 Å². The molecule has 0 aliphatic rings. The van der Waals surface area contributed by atoms with E-state index in [0.717, 1.165) is 18.7 Å². The smallest absolute Gasteiger partial charge is 0.0847 e. The summed E-state index contributed by atoms with van der Waals surface area (Å²) >= 11 is 0. The van der Waals surface area contributed by atoms with Crippen molar-refractivity contribution in [3.8, 4) is 0 Å². The fourth-order valence-corrected chi connectivity index (χ4v) is 3.34. The number of nitrogens with two attached hydrogens (primary N) is 1. The maximum absolute atomic E-state index is 9.25. The summed E-state index contributed by atoms with van der Waals surface area (Å²) in [4.78, 5) is 0. The van der Waals surface area contributed by atoms with Crippen molar-refractivity contribution in [2.24, 2.45) is 5.73 Å². The lowest BCUT2D eigenvalue weighted by Crippen LogP contribution is -2.49. The average Bonchev–Trinajstić information content (AvgIpc) is 3.12. The van der Waals surface area contributed by atoms with Gasteiger partial charge in [0.2, 0.25) is 0 Å². The van der Waals surface area contributed by atoms with Crippen LogP contribution in [0.3, 0.4) is 0 Å². The summed E-state index contributed by atoms with van der Waals surface area (Å²) in [5.74, 6) is 0. The molecule has 0 unspecified atom stereocenters. The normalized spacial score (nSPS) is 12.0. The highest BCUT2D eigenvalue weighted by atomic mass is 16.3. The molecule has 1 heterocycles. The molecule has 6 nitrogen and oxygen atoms in total. The number of aliphatic hydroxyl groups is 2. The fraction of sp³-hybridized carbons (Fsp3) is 0.905. The van der Waals surface area contributed by atoms with Crippen LogP contribution in [-0.2, 0) is 13.0 Å². The molecule has 0 saturated heterocycles. The molecule has 0 fully saturated rings. The van der Waals surface area contributed by atoms with Crippen LogP contribution in [0, 0.1) is 0 Å². The van der Waals surface area contributed by atoms with Gasteiger partial charge in [-0.05, 0) is 6.42 Å². The first kappa shape index (κ1) is 24.1. The van der Waals surface area contributed by atoms with E-state index >= 15 is 0 Å². The second-order valence-electron chi connectivity index (χ2n) is 8.07. The second kappa shape index (κ2) is 15.0. The molecule has 158 valence electrons. The Labute approximate surface area is 165 Å². The van der Waals surface area contributed by atoms with Crippen LogP contribution < -0.4 is 5.73 Å². The lowest BCUT2D eigenvalue weighted by molar-refractivity contribution is 0.120. The quantitative estimate of drug-likeness (QED) is 0.337. The van der Waals surface area contributed by atoms with Crippen molar-refractivity contribution < 1.29 is 10.2 Å². The van der Waals surface area contributed by atoms with Crippen molar-refractivity contribution in [2.45, 2.75) is 109 Å². The van der Waals surface area contributed by atoms with Gasteiger partial charge in [-0.25, -0.2) is 0 Å². The Bertz CT molecular complexity index is 461. The Morgan fingerprint density at radius 3 is 1.81 bits per heavy atom. The molecule has 0 bridgehead atoms. The van der Waals surface area contributed by atoms with Gasteiger partial charge in [-0.3, -0.25) is 4.68 Å². The Morgan fingerprint density at radius 2 is 1.33 bits per heavy atom. The summed E-state index contributed by atoms with van der Waals surface area (Å²) in [6.45, 7) is 2.59. The van der Waals surface area contributed by atoms with Gasteiger partial charge in [0.05, 0.1) is 24.4 Å². The first-order valence-electron chi connectivity index (χ1n) is 11.0. The highest BCUT2D eigenvalue weighted by Gasteiger charge is 2.25. The van der Waals surface area contributed by atoms with Gasteiger partial charge < -0.3 is 15.9 Å². The molecule has 0 aliphatic heterocycles. The Morgan fingerprint density at radius 1 is 0.852 bits per heavy atom. The molecule has 0 amide bonds. The summed E-state index contributed by atoms with van der Waals surface area (Å²) in [6.07, 6.45) is 19.7. The highest BCUT2D eigenvalue weighted by Crippen LogP contribution is 2.13. The first-order valence-corrected chi connectivity index (χ1v) is 11.0. The number of unbranched alkanes of at least 4 members (excludes halogenated alkanes) is 12. The van der Waals surface area contributed by atoms with Crippen molar-refractivity contribution in [3.63, 3.8) is 0 Å². The third-order valence-corrected chi connectivity index (χ3v) is 5.24. The molecule has 0 spiro atoms. The number of aryl methyl sites for hydroxylation is 1. The molecule has 1 rings (SSSR count). The van der Waals surface area contributed by atoms with E-state index in [9.17, 15) is 10.2 Å². The molecule has 6 heteroatoms. The number of rotatable bonds is 18. The van der Waals surface area contributed by atoms with E-state index in [1.807, 2.05) is 10.9 Å². The van der Waals surface area contributed by atoms with Crippen LogP contribution >= 0.6 is 0 Å². The number of aromatic nitrogens is 3. The number of hydrogen-bond acceptors (Lipinski definition) is 5. The third-order valence-electron chi connectivity index (χ3n) is 5.24. The van der Waals surface area contributed by atoms with Gasteiger partial charge in [-0.1, -0.05) is 89.2 Å². The van der Waals surface area contributed by atoms with Crippen LogP contribution in [0.1, 0.15) is 96.1 Å². The van der Waals surface area contributed by atoms with E-state index in [0.29, 0.717) is 6.42 Å². The van der Waals surface area contributed by atoms with Crippen LogP contribution in [0.4, 0.5) is 0 Å². The fourth-order valence-electron chi connectivity index (χ4n) is 3.34. The Balaban J connectivity index is 1.97. The molecule has 0 radical (unpaired) electrons. The minimum Gasteiger partial charge on any atom is -0.394 e. The SMILES string of the molecule is CCCCCCCCCCCCCCCn1cc(CC(N)(CO)CO)nn1. The number of hydrogen-bond donors (Lipinski definition) is 3. The molecular formula is C21H42N4O2. The standard InChI is InChI=1S/C21H42N4O2/c1-2-3-4-5-6-7-8-9-10-11-12-13-14-15-25-17-20(23-24-25)16-21(22,18-26)19-27/h17,26-27H,2-16,18-19,22H2,1H3. The third kappa shape index (κ3) is 11.5. The molecule has 27 heavy (non-hydrogen) atoms. The van der Waals surface area contributed by atoms with Gasteiger partial charge in [-0.15, -0.1) is 5.10 Å². The molecule has 0 saturated carbocycles. The lowest BCUT2D eigenvalue weighted by Gasteiger charge is -2.22. The zero-order valence-electron chi connectivity index (χ0n) is 17.4. The van der Waals surface area contributed by atoms with Crippen LogP contribution in [0.2, 0.25) is 0 Å². The highest BCUT2D eigenvalue weighted by molar-refractivity contribution is 5.01. The van der Waals surface area contributed by atoms with Crippen LogP contribution in [0.5, 0.6) is 0 Å². The lowest BCUT2D eigenvalue weighted by atomic mass is 9.97. The summed E-state index contributed by atoms with van der Waals surface area (Å²) in [5, 5.41) is 26.7. The van der Waals surface area contributed by atoms with Crippen molar-refractivity contribution in [1.82, 2.24) is 15.0 Å². The summed E-state index contributed by atoms with van der Waals surface area (Å²) in [5.41, 5.74) is 5.59. The van der Waals surface area contributed by atoms with Gasteiger partial charge in [0.1, 0.15) is 0 Å². The Kier molecular flexibility index (Phi) is 13.4. The van der Waals surface area contributed by atoms with E-state index in [4.69, 9.17) is 5.73 Å². The summed E-state index contributed by atoms with van der Waals surface area (Å²) < 4.78 is 1.84. The van der Waals surface area contributed by atoms with E-state index in [1.54, 1.807) is 0 Å². The van der Waals surface area contributed by atoms with Gasteiger partial charge >= 0.3 is 0 Å². The molecule has 1 aromatic rings. The van der Waals surface area contributed by atoms with E-state index in [-0.39, 0.29) is 13.2 Å². The summed E-state index contributed by atoms with van der Waals surface area (Å²) in [7, 11) is 0. The van der Waals surface area contributed by atoms with Gasteiger partial charge in [0.15, 0.2) is 0 Å². The van der Waals surface area contributed by atoms with Crippen LogP contribution in [-0.4, -0.2) is 44.0 Å². The monoisotopic (exact) mass is 382 g/mol. The van der Waals surface area contributed by atoms with Gasteiger partial charge in [-0.2, -0.15) is 0 Å². The molecular weight excluding hydrogens is 340 g/mol. The zero-order chi connectivity index (χ0) is 19.8.